The number of nitrogens with zero attached hydrogens (tertiary/aromatic N) is 1. The largest absolute Gasteiger partial charge is 0.390 e. The van der Waals surface area contributed by atoms with Crippen LogP contribution in [0.15, 0.2) is 36.5 Å². The number of hydrogen-bond donors (Lipinski definition) is 2. The van der Waals surface area contributed by atoms with Crippen molar-refractivity contribution in [2.45, 2.75) is 57.8 Å². The Hall–Kier alpha value is -2.28. The Labute approximate surface area is 158 Å². The van der Waals surface area contributed by atoms with Gasteiger partial charge in [-0.1, -0.05) is 12.1 Å². The van der Waals surface area contributed by atoms with Crippen molar-refractivity contribution in [2.24, 2.45) is 0 Å². The van der Waals surface area contributed by atoms with E-state index in [9.17, 15) is 15.0 Å². The highest BCUT2D eigenvalue weighted by Crippen LogP contribution is 2.44. The molecule has 2 N–H and O–H groups in total. The lowest BCUT2D eigenvalue weighted by Gasteiger charge is -2.19. The molecule has 6 nitrogen and oxygen atoms in total. The van der Waals surface area contributed by atoms with Crippen molar-refractivity contribution in [2.75, 3.05) is 0 Å². The molecule has 1 aromatic heterocycles. The van der Waals surface area contributed by atoms with Gasteiger partial charge in [-0.25, -0.2) is 4.79 Å². The third-order valence-corrected chi connectivity index (χ3v) is 4.35. The molecule has 0 bridgehead atoms. The molecule has 1 saturated carbocycles. The van der Waals surface area contributed by atoms with E-state index in [1.54, 1.807) is 51.2 Å². The predicted octanol–water partition coefficient (Wildman–Crippen LogP) is 3.42. The lowest BCUT2D eigenvalue weighted by molar-refractivity contribution is -0.301. The number of aromatic nitrogens is 1. The Bertz CT molecular complexity index is 824. The van der Waals surface area contributed by atoms with Crippen LogP contribution in [0.2, 0.25) is 0 Å². The van der Waals surface area contributed by atoms with E-state index in [4.69, 9.17) is 9.78 Å². The first-order valence-electron chi connectivity index (χ1n) is 9.06. The second-order valence-electron chi connectivity index (χ2n) is 7.79. The van der Waals surface area contributed by atoms with Crippen LogP contribution in [0.3, 0.4) is 0 Å². The van der Waals surface area contributed by atoms with Gasteiger partial charge in [0, 0.05) is 11.8 Å². The molecule has 1 unspecified atom stereocenters. The zero-order chi connectivity index (χ0) is 19.6. The van der Waals surface area contributed by atoms with Gasteiger partial charge in [0.2, 0.25) is 0 Å². The first-order chi connectivity index (χ1) is 12.8. The zero-order valence-electron chi connectivity index (χ0n) is 15.8. The SMILES string of the molecule is CC(C)(C)OOC(=O)c1cccc(C(O)c2c(C3CC3)ccnc2CO)c1. The van der Waals surface area contributed by atoms with Crippen molar-refractivity contribution in [3.05, 3.63) is 64.5 Å². The van der Waals surface area contributed by atoms with E-state index in [0.29, 0.717) is 22.7 Å². The highest BCUT2D eigenvalue weighted by molar-refractivity contribution is 5.89. The third-order valence-electron chi connectivity index (χ3n) is 4.35. The molecule has 1 fully saturated rings. The summed E-state index contributed by atoms with van der Waals surface area (Å²) < 4.78 is 0. The number of carbonyl (C=O) groups is 1. The van der Waals surface area contributed by atoms with Crippen LogP contribution in [0.4, 0.5) is 0 Å². The number of pyridine rings is 1. The Morgan fingerprint density at radius 2 is 2.04 bits per heavy atom. The molecule has 1 aliphatic rings. The van der Waals surface area contributed by atoms with Crippen LogP contribution in [-0.4, -0.2) is 26.8 Å². The minimum Gasteiger partial charge on any atom is -0.390 e. The summed E-state index contributed by atoms with van der Waals surface area (Å²) in [5.74, 6) is -0.244. The second kappa shape index (κ2) is 7.76. The smallest absolute Gasteiger partial charge is 0.373 e. The summed E-state index contributed by atoms with van der Waals surface area (Å²) in [5.41, 5.74) is 2.28. The van der Waals surface area contributed by atoms with E-state index in [1.807, 2.05) is 6.07 Å². The van der Waals surface area contributed by atoms with Crippen molar-refractivity contribution in [3.8, 4) is 0 Å². The Morgan fingerprint density at radius 3 is 2.67 bits per heavy atom. The highest BCUT2D eigenvalue weighted by atomic mass is 17.2. The molecule has 0 saturated heterocycles. The first kappa shape index (κ1) is 19.5. The zero-order valence-corrected chi connectivity index (χ0v) is 15.8. The number of aliphatic hydroxyl groups excluding tert-OH is 2. The minimum atomic E-state index is -0.993. The predicted molar refractivity (Wildman–Crippen MR) is 98.9 cm³/mol. The molecule has 0 aliphatic heterocycles. The van der Waals surface area contributed by atoms with Gasteiger partial charge in [-0.15, -0.1) is 0 Å². The monoisotopic (exact) mass is 371 g/mol. The molecule has 1 atom stereocenters. The molecule has 3 rings (SSSR count). The molecule has 144 valence electrons. The van der Waals surface area contributed by atoms with E-state index in [1.165, 1.54) is 0 Å². The van der Waals surface area contributed by atoms with E-state index < -0.39 is 17.7 Å². The van der Waals surface area contributed by atoms with E-state index in [0.717, 1.165) is 18.4 Å². The van der Waals surface area contributed by atoms with E-state index >= 15 is 0 Å². The van der Waals surface area contributed by atoms with Gasteiger partial charge in [0.25, 0.3) is 0 Å². The van der Waals surface area contributed by atoms with Gasteiger partial charge in [-0.2, -0.15) is 4.89 Å². The van der Waals surface area contributed by atoms with Crippen LogP contribution >= 0.6 is 0 Å². The van der Waals surface area contributed by atoms with Crippen LogP contribution in [0, 0.1) is 0 Å². The fourth-order valence-corrected chi connectivity index (χ4v) is 2.94. The lowest BCUT2D eigenvalue weighted by Crippen LogP contribution is -2.22. The van der Waals surface area contributed by atoms with Crippen LogP contribution in [0.1, 0.15) is 78.4 Å². The van der Waals surface area contributed by atoms with Crippen LogP contribution in [-0.2, 0) is 16.4 Å². The summed E-state index contributed by atoms with van der Waals surface area (Å²) in [5, 5.41) is 20.7. The number of carbonyl (C=O) groups excluding carboxylic acids is 1. The summed E-state index contributed by atoms with van der Waals surface area (Å²) in [7, 11) is 0. The molecular formula is C21H25NO5. The van der Waals surface area contributed by atoms with E-state index in [-0.39, 0.29) is 12.2 Å². The summed E-state index contributed by atoms with van der Waals surface area (Å²) in [6.07, 6.45) is 2.79. The van der Waals surface area contributed by atoms with Crippen molar-refractivity contribution >= 4 is 5.97 Å². The average Bonchev–Trinajstić information content (AvgIpc) is 3.49. The van der Waals surface area contributed by atoms with Crippen LogP contribution in [0.5, 0.6) is 0 Å². The molecule has 1 heterocycles. The van der Waals surface area contributed by atoms with Crippen molar-refractivity contribution in [3.63, 3.8) is 0 Å². The van der Waals surface area contributed by atoms with E-state index in [2.05, 4.69) is 4.98 Å². The number of rotatable bonds is 6. The Balaban J connectivity index is 1.88. The maximum absolute atomic E-state index is 12.2. The Kier molecular flexibility index (Phi) is 5.60. The van der Waals surface area contributed by atoms with Gasteiger partial charge in [0.05, 0.1) is 17.9 Å². The number of aliphatic hydroxyl groups is 2. The molecule has 27 heavy (non-hydrogen) atoms. The molecule has 0 radical (unpaired) electrons. The first-order valence-corrected chi connectivity index (χ1v) is 9.06. The van der Waals surface area contributed by atoms with Gasteiger partial charge >= 0.3 is 5.97 Å². The van der Waals surface area contributed by atoms with Gasteiger partial charge in [0.1, 0.15) is 11.7 Å². The van der Waals surface area contributed by atoms with Gasteiger partial charge in [0.15, 0.2) is 0 Å². The topological polar surface area (TPSA) is 88.9 Å². The standard InChI is InChI=1S/C21H25NO5/c1-21(2,3)27-26-20(25)15-6-4-5-14(11-15)19(24)18-16(13-7-8-13)9-10-22-17(18)12-23/h4-6,9-11,13,19,23-24H,7-8,12H2,1-3H3. The number of benzene rings is 1. The highest BCUT2D eigenvalue weighted by Gasteiger charge is 2.30. The van der Waals surface area contributed by atoms with Crippen molar-refractivity contribution in [1.29, 1.82) is 0 Å². The molecule has 1 aromatic carbocycles. The van der Waals surface area contributed by atoms with Crippen molar-refractivity contribution in [1.82, 2.24) is 4.98 Å². The maximum atomic E-state index is 12.2. The van der Waals surface area contributed by atoms with Gasteiger partial charge in [-0.3, -0.25) is 9.87 Å². The summed E-state index contributed by atoms with van der Waals surface area (Å²) in [6, 6.07) is 8.48. The lowest BCUT2D eigenvalue weighted by atomic mass is 9.92. The fraction of sp³-hybridized carbons (Fsp3) is 0.429. The van der Waals surface area contributed by atoms with Crippen LogP contribution < -0.4 is 0 Å². The maximum Gasteiger partial charge on any atom is 0.373 e. The minimum absolute atomic E-state index is 0.256. The fourth-order valence-electron chi connectivity index (χ4n) is 2.94. The molecule has 0 amide bonds. The molecular weight excluding hydrogens is 346 g/mol. The Morgan fingerprint density at radius 1 is 1.30 bits per heavy atom. The summed E-state index contributed by atoms with van der Waals surface area (Å²) in [6.45, 7) is 5.07. The number of hydrogen-bond acceptors (Lipinski definition) is 6. The van der Waals surface area contributed by atoms with Crippen LogP contribution in [0.25, 0.3) is 0 Å². The summed E-state index contributed by atoms with van der Waals surface area (Å²) in [4.78, 5) is 26.4. The van der Waals surface area contributed by atoms with Crippen molar-refractivity contribution < 1.29 is 24.8 Å². The normalized spacial score (nSPS) is 15.4. The third kappa shape index (κ3) is 4.71. The van der Waals surface area contributed by atoms with Gasteiger partial charge < -0.3 is 10.2 Å². The van der Waals surface area contributed by atoms with Gasteiger partial charge in [-0.05, 0) is 68.9 Å². The quantitative estimate of drug-likeness (QED) is 0.597. The average molecular weight is 371 g/mol. The molecule has 0 spiro atoms. The molecule has 6 heteroatoms. The second-order valence-corrected chi connectivity index (χ2v) is 7.79. The molecule has 2 aromatic rings. The molecule has 1 aliphatic carbocycles. The summed E-state index contributed by atoms with van der Waals surface area (Å²) >= 11 is 0.